The number of hydrogen-bond donors (Lipinski definition) is 0. The number of fused-ring (bicyclic) bond motifs is 1. The van der Waals surface area contributed by atoms with Crippen molar-refractivity contribution in [2.45, 2.75) is 19.0 Å². The van der Waals surface area contributed by atoms with Crippen LogP contribution in [0.15, 0.2) is 60.7 Å². The Morgan fingerprint density at radius 3 is 2.11 bits per heavy atom. The molecule has 28 heavy (non-hydrogen) atoms. The molecule has 2 heterocycles. The number of carbonyl (C=O) groups excluding carboxylic acids is 3. The first-order chi connectivity index (χ1) is 13.6. The van der Waals surface area contributed by atoms with Crippen molar-refractivity contribution in [3.63, 3.8) is 0 Å². The van der Waals surface area contributed by atoms with E-state index < -0.39 is 29.9 Å². The van der Waals surface area contributed by atoms with Gasteiger partial charge in [0.2, 0.25) is 11.8 Å². The molecule has 2 aromatic rings. The maximum absolute atomic E-state index is 13.0. The smallest absolute Gasteiger partial charge is 0.329 e. The molecule has 0 aromatic heterocycles. The number of rotatable bonds is 4. The lowest BCUT2D eigenvalue weighted by atomic mass is 9.86. The number of amides is 2. The van der Waals surface area contributed by atoms with Gasteiger partial charge in [-0.3, -0.25) is 14.5 Å². The van der Waals surface area contributed by atoms with Crippen molar-refractivity contribution < 1.29 is 19.1 Å². The molecule has 0 unspecified atom stereocenters. The van der Waals surface area contributed by atoms with E-state index in [4.69, 9.17) is 4.74 Å². The minimum Gasteiger partial charge on any atom is -0.464 e. The van der Waals surface area contributed by atoms with Crippen LogP contribution in [0.2, 0.25) is 0 Å². The van der Waals surface area contributed by atoms with Crippen molar-refractivity contribution in [2.75, 3.05) is 18.6 Å². The molecule has 2 saturated heterocycles. The number of benzene rings is 2. The zero-order chi connectivity index (χ0) is 19.8. The Labute approximate surface area is 163 Å². The zero-order valence-electron chi connectivity index (χ0n) is 15.8. The van der Waals surface area contributed by atoms with Gasteiger partial charge in [0.1, 0.15) is 6.04 Å². The fourth-order valence-corrected chi connectivity index (χ4v) is 4.47. The van der Waals surface area contributed by atoms with Crippen LogP contribution in [0, 0.1) is 11.8 Å². The second kappa shape index (κ2) is 7.11. The minimum absolute atomic E-state index is 0.212. The summed E-state index contributed by atoms with van der Waals surface area (Å²) in [6.07, 6.45) is 0. The largest absolute Gasteiger partial charge is 0.464 e. The number of likely N-dealkylation sites (tertiary alicyclic amines) is 1. The number of hydrogen-bond acceptors (Lipinski definition) is 5. The highest BCUT2D eigenvalue weighted by atomic mass is 16.5. The summed E-state index contributed by atoms with van der Waals surface area (Å²) in [7, 11) is 1.49. The zero-order valence-corrected chi connectivity index (χ0v) is 15.8. The monoisotopic (exact) mass is 378 g/mol. The van der Waals surface area contributed by atoms with Gasteiger partial charge in [0.15, 0.2) is 0 Å². The highest BCUT2D eigenvalue weighted by Gasteiger charge is 2.64. The van der Waals surface area contributed by atoms with Gasteiger partial charge in [-0.2, -0.15) is 0 Å². The van der Waals surface area contributed by atoms with Crippen molar-refractivity contribution in [2.24, 2.45) is 11.8 Å². The van der Waals surface area contributed by atoms with Crippen LogP contribution in [-0.2, 0) is 19.1 Å². The Bertz CT molecular complexity index is 899. The van der Waals surface area contributed by atoms with E-state index in [0.717, 1.165) is 16.2 Å². The maximum atomic E-state index is 13.0. The van der Waals surface area contributed by atoms with Crippen LogP contribution in [0.5, 0.6) is 0 Å². The molecule has 6 nitrogen and oxygen atoms in total. The van der Waals surface area contributed by atoms with E-state index in [1.807, 2.05) is 65.6 Å². The Hall–Kier alpha value is -3.15. The van der Waals surface area contributed by atoms with Crippen LogP contribution in [0.3, 0.4) is 0 Å². The third-order valence-corrected chi connectivity index (χ3v) is 5.62. The van der Waals surface area contributed by atoms with Gasteiger partial charge >= 0.3 is 5.97 Å². The molecule has 2 amide bonds. The second-order valence-corrected chi connectivity index (χ2v) is 7.08. The lowest BCUT2D eigenvalue weighted by Gasteiger charge is -2.34. The van der Waals surface area contributed by atoms with Crippen LogP contribution in [0.1, 0.15) is 18.5 Å². The average Bonchev–Trinajstić information content (AvgIpc) is 3.19. The summed E-state index contributed by atoms with van der Waals surface area (Å²) in [6.45, 7) is 1.95. The van der Waals surface area contributed by atoms with Crippen LogP contribution in [0.4, 0.5) is 5.69 Å². The number of carbonyl (C=O) groups is 3. The Balaban J connectivity index is 1.91. The molecule has 0 N–H and O–H groups in total. The van der Waals surface area contributed by atoms with Crippen LogP contribution < -0.4 is 4.90 Å². The number of esters is 1. The quantitative estimate of drug-likeness (QED) is 0.604. The molecule has 4 atom stereocenters. The summed E-state index contributed by atoms with van der Waals surface area (Å²) in [4.78, 5) is 42.0. The van der Waals surface area contributed by atoms with Crippen molar-refractivity contribution in [1.29, 1.82) is 0 Å². The lowest BCUT2D eigenvalue weighted by Crippen LogP contribution is -2.46. The Kier molecular flexibility index (Phi) is 4.63. The van der Waals surface area contributed by atoms with Gasteiger partial charge in [0.25, 0.3) is 0 Å². The third kappa shape index (κ3) is 2.68. The van der Waals surface area contributed by atoms with Crippen LogP contribution >= 0.6 is 0 Å². The number of ether oxygens (including phenoxy) is 1. The van der Waals surface area contributed by atoms with Crippen molar-refractivity contribution in [3.8, 4) is 0 Å². The topological polar surface area (TPSA) is 66.9 Å². The SMILES string of the molecule is CCOC(=O)[C@@H]1[C@H]2C(=O)N(C)C(=O)[C@H]2[C@@H](c2ccccc2)N1c1ccccc1. The summed E-state index contributed by atoms with van der Waals surface area (Å²) < 4.78 is 5.33. The molecule has 2 aromatic carbocycles. The Morgan fingerprint density at radius 1 is 0.929 bits per heavy atom. The van der Waals surface area contributed by atoms with Gasteiger partial charge in [0.05, 0.1) is 24.5 Å². The fourth-order valence-electron chi connectivity index (χ4n) is 4.47. The van der Waals surface area contributed by atoms with Gasteiger partial charge in [-0.1, -0.05) is 48.5 Å². The van der Waals surface area contributed by atoms with Crippen LogP contribution in [-0.4, -0.2) is 42.4 Å². The number of nitrogens with zero attached hydrogens (tertiary/aromatic N) is 2. The average molecular weight is 378 g/mol. The third-order valence-electron chi connectivity index (χ3n) is 5.62. The standard InChI is InChI=1S/C22H22N2O4/c1-3-28-22(27)19-17-16(20(25)23(2)21(17)26)18(14-10-6-4-7-11-14)24(19)15-12-8-5-9-13-15/h4-13,16-19H,3H2,1-2H3/t16-,17+,18-,19+/m1/s1. The van der Waals surface area contributed by atoms with Gasteiger partial charge < -0.3 is 9.64 Å². The maximum Gasteiger partial charge on any atom is 0.329 e. The molecule has 4 rings (SSSR count). The second-order valence-electron chi connectivity index (χ2n) is 7.08. The molecule has 0 spiro atoms. The Morgan fingerprint density at radius 2 is 1.50 bits per heavy atom. The molecular weight excluding hydrogens is 356 g/mol. The van der Waals surface area contributed by atoms with E-state index in [0.29, 0.717) is 0 Å². The highest BCUT2D eigenvalue weighted by molar-refractivity contribution is 6.09. The molecular formula is C22H22N2O4. The van der Waals surface area contributed by atoms with Gasteiger partial charge in [0, 0.05) is 12.7 Å². The molecule has 0 radical (unpaired) electrons. The predicted octanol–water partition coefficient (Wildman–Crippen LogP) is 2.41. The molecule has 0 aliphatic carbocycles. The lowest BCUT2D eigenvalue weighted by molar-refractivity contribution is -0.148. The van der Waals surface area contributed by atoms with E-state index >= 15 is 0 Å². The first-order valence-corrected chi connectivity index (χ1v) is 9.42. The van der Waals surface area contributed by atoms with E-state index in [2.05, 4.69) is 0 Å². The summed E-state index contributed by atoms with van der Waals surface area (Å²) in [5.41, 5.74) is 1.68. The van der Waals surface area contributed by atoms with Crippen LogP contribution in [0.25, 0.3) is 0 Å². The normalized spacial score (nSPS) is 26.5. The summed E-state index contributed by atoms with van der Waals surface area (Å²) in [6, 6.07) is 17.7. The van der Waals surface area contributed by atoms with E-state index in [-0.39, 0.29) is 18.4 Å². The fraction of sp³-hybridized carbons (Fsp3) is 0.318. The molecule has 2 aliphatic rings. The predicted molar refractivity (Wildman–Crippen MR) is 103 cm³/mol. The van der Waals surface area contributed by atoms with E-state index in [1.54, 1.807) is 6.92 Å². The molecule has 2 fully saturated rings. The molecule has 144 valence electrons. The minimum atomic E-state index is -0.848. The first-order valence-electron chi connectivity index (χ1n) is 9.42. The molecule has 0 bridgehead atoms. The van der Waals surface area contributed by atoms with Crippen molar-refractivity contribution in [3.05, 3.63) is 66.2 Å². The number of anilines is 1. The molecule has 2 aliphatic heterocycles. The summed E-state index contributed by atoms with van der Waals surface area (Å²) >= 11 is 0. The first kappa shape index (κ1) is 18.2. The van der Waals surface area contributed by atoms with Gasteiger partial charge in [-0.25, -0.2) is 4.79 Å². The molecule has 0 saturated carbocycles. The van der Waals surface area contributed by atoms with Crippen molar-refractivity contribution in [1.82, 2.24) is 4.90 Å². The highest BCUT2D eigenvalue weighted by Crippen LogP contribution is 2.51. The van der Waals surface area contributed by atoms with Gasteiger partial charge in [-0.15, -0.1) is 0 Å². The van der Waals surface area contributed by atoms with Crippen molar-refractivity contribution >= 4 is 23.5 Å². The number of para-hydroxylation sites is 1. The number of imide groups is 1. The van der Waals surface area contributed by atoms with E-state index in [1.165, 1.54) is 7.05 Å². The van der Waals surface area contributed by atoms with E-state index in [9.17, 15) is 14.4 Å². The summed E-state index contributed by atoms with van der Waals surface area (Å²) in [5, 5.41) is 0. The molecule has 6 heteroatoms. The summed E-state index contributed by atoms with van der Waals surface area (Å²) in [5.74, 6) is -2.45. The van der Waals surface area contributed by atoms with Gasteiger partial charge in [-0.05, 0) is 24.6 Å².